The first-order valence-corrected chi connectivity index (χ1v) is 10.4. The first-order valence-electron chi connectivity index (χ1n) is 10.0. The van der Waals surface area contributed by atoms with Crippen molar-refractivity contribution >= 4 is 34.5 Å². The van der Waals surface area contributed by atoms with Crippen molar-refractivity contribution in [2.24, 2.45) is 4.99 Å². The topological polar surface area (TPSA) is 52.9 Å². The molecule has 1 aliphatic heterocycles. The Hall–Kier alpha value is -3.37. The fraction of sp³-hybridized carbons (Fsp3) is 0.154. The Morgan fingerprint density at radius 2 is 1.84 bits per heavy atom. The Balaban J connectivity index is 1.88. The van der Waals surface area contributed by atoms with Crippen LogP contribution in [0.5, 0.6) is 5.75 Å². The number of likely N-dealkylation sites (N-methyl/N-ethyl adjacent to an activating group) is 1. The summed E-state index contributed by atoms with van der Waals surface area (Å²) in [5.74, 6) is 0.0817. The van der Waals surface area contributed by atoms with E-state index in [9.17, 15) is 9.90 Å². The molecule has 0 aromatic heterocycles. The van der Waals surface area contributed by atoms with Crippen LogP contribution in [0, 0.1) is 0 Å². The molecular formula is C26H23ClN2O2. The molecule has 1 unspecified atom stereocenters. The van der Waals surface area contributed by atoms with Crippen LogP contribution in [-0.2, 0) is 11.2 Å². The predicted octanol–water partition coefficient (Wildman–Crippen LogP) is 5.50. The first-order chi connectivity index (χ1) is 14.8. The molecule has 0 radical (unpaired) electrons. The van der Waals surface area contributed by atoms with Crippen molar-refractivity contribution in [2.75, 3.05) is 11.9 Å². The van der Waals surface area contributed by atoms with E-state index in [1.807, 2.05) is 43.3 Å². The van der Waals surface area contributed by atoms with Crippen molar-refractivity contribution in [3.8, 4) is 5.75 Å². The molecule has 31 heavy (non-hydrogen) atoms. The number of nitrogens with zero attached hydrogens (tertiary/aromatic N) is 2. The van der Waals surface area contributed by atoms with Gasteiger partial charge in [-0.1, -0.05) is 48.0 Å². The second kappa shape index (κ2) is 8.40. The lowest BCUT2D eigenvalue weighted by molar-refractivity contribution is -0.119. The molecule has 4 nitrogen and oxygen atoms in total. The lowest BCUT2D eigenvalue weighted by atomic mass is 9.96. The van der Waals surface area contributed by atoms with Gasteiger partial charge in [0.1, 0.15) is 11.8 Å². The quantitative estimate of drug-likeness (QED) is 0.593. The van der Waals surface area contributed by atoms with E-state index in [1.165, 1.54) is 0 Å². The summed E-state index contributed by atoms with van der Waals surface area (Å²) < 4.78 is 0. The fourth-order valence-electron chi connectivity index (χ4n) is 3.92. The Kier molecular flexibility index (Phi) is 5.66. The van der Waals surface area contributed by atoms with Crippen LogP contribution in [0.25, 0.3) is 5.57 Å². The second-order valence-corrected chi connectivity index (χ2v) is 8.18. The number of carbonyl (C=O) groups is 1. The molecule has 1 atom stereocenters. The van der Waals surface area contributed by atoms with Crippen molar-refractivity contribution in [1.82, 2.24) is 0 Å². The van der Waals surface area contributed by atoms with Crippen molar-refractivity contribution in [1.29, 1.82) is 0 Å². The van der Waals surface area contributed by atoms with Gasteiger partial charge in [-0.3, -0.25) is 9.79 Å². The normalized spacial score (nSPS) is 15.8. The van der Waals surface area contributed by atoms with Crippen molar-refractivity contribution in [2.45, 2.75) is 19.4 Å². The molecule has 0 fully saturated rings. The van der Waals surface area contributed by atoms with Gasteiger partial charge in [0.25, 0.3) is 5.91 Å². The molecule has 0 bridgehead atoms. The summed E-state index contributed by atoms with van der Waals surface area (Å²) in [5, 5.41) is 10.3. The number of benzodiazepines with no additional fused rings is 1. The summed E-state index contributed by atoms with van der Waals surface area (Å²) in [5.41, 5.74) is 6.02. The van der Waals surface area contributed by atoms with Crippen molar-refractivity contribution in [3.05, 3.63) is 101 Å². The summed E-state index contributed by atoms with van der Waals surface area (Å²) in [4.78, 5) is 20.0. The number of rotatable bonds is 4. The number of anilines is 1. The molecule has 156 valence electrons. The Bertz CT molecular complexity index is 1200. The number of hydrogen-bond donors (Lipinski definition) is 1. The zero-order chi connectivity index (χ0) is 22.1. The van der Waals surface area contributed by atoms with Crippen LogP contribution in [0.2, 0.25) is 5.02 Å². The first kappa shape index (κ1) is 20.9. The highest BCUT2D eigenvalue weighted by atomic mass is 35.5. The van der Waals surface area contributed by atoms with E-state index >= 15 is 0 Å². The van der Waals surface area contributed by atoms with E-state index in [-0.39, 0.29) is 11.7 Å². The number of aliphatic imine (C=N–C) groups is 1. The number of allylic oxidation sites excluding steroid dienone is 1. The van der Waals surface area contributed by atoms with E-state index < -0.39 is 6.04 Å². The monoisotopic (exact) mass is 430 g/mol. The zero-order valence-corrected chi connectivity index (χ0v) is 18.2. The van der Waals surface area contributed by atoms with Gasteiger partial charge in [0.05, 0.1) is 11.4 Å². The zero-order valence-electron chi connectivity index (χ0n) is 17.5. The third-order valence-corrected chi connectivity index (χ3v) is 5.74. The van der Waals surface area contributed by atoms with Crippen LogP contribution in [0.1, 0.15) is 29.2 Å². The summed E-state index contributed by atoms with van der Waals surface area (Å²) in [6, 6.07) is 19.6. The largest absolute Gasteiger partial charge is 0.508 e. The maximum atomic E-state index is 13.4. The van der Waals surface area contributed by atoms with Gasteiger partial charge in [-0.25, -0.2) is 0 Å². The lowest BCUT2D eigenvalue weighted by Gasteiger charge is -2.21. The second-order valence-electron chi connectivity index (χ2n) is 7.74. The third-order valence-electron chi connectivity index (χ3n) is 5.51. The summed E-state index contributed by atoms with van der Waals surface area (Å²) in [6.07, 6.45) is 0.454. The Morgan fingerprint density at radius 3 is 2.55 bits per heavy atom. The van der Waals surface area contributed by atoms with Gasteiger partial charge in [-0.05, 0) is 60.5 Å². The van der Waals surface area contributed by atoms with E-state index in [0.717, 1.165) is 33.5 Å². The Morgan fingerprint density at radius 1 is 1.13 bits per heavy atom. The highest BCUT2D eigenvalue weighted by Gasteiger charge is 2.30. The number of carbonyl (C=O) groups excluding carboxylic acids is 1. The van der Waals surface area contributed by atoms with Crippen LogP contribution in [0.15, 0.2) is 78.3 Å². The minimum atomic E-state index is -0.611. The molecule has 3 aromatic carbocycles. The lowest BCUT2D eigenvalue weighted by Crippen LogP contribution is -2.36. The Labute approximate surface area is 187 Å². The van der Waals surface area contributed by atoms with Crippen molar-refractivity contribution in [3.63, 3.8) is 0 Å². The van der Waals surface area contributed by atoms with E-state index in [0.29, 0.717) is 17.2 Å². The van der Waals surface area contributed by atoms with E-state index in [4.69, 9.17) is 16.6 Å². The fourth-order valence-corrected chi connectivity index (χ4v) is 4.09. The average molecular weight is 431 g/mol. The van der Waals surface area contributed by atoms with Crippen LogP contribution in [-0.4, -0.2) is 29.8 Å². The number of aromatic hydroxyl groups is 1. The number of fused-ring (bicyclic) bond motifs is 1. The molecule has 0 saturated heterocycles. The smallest absolute Gasteiger partial charge is 0.251 e. The van der Waals surface area contributed by atoms with Crippen LogP contribution in [0.4, 0.5) is 5.69 Å². The SMILES string of the molecule is C=C(C)c1ccccc1CC1N=C(c2ccc(O)cc2)c2cc(Cl)ccc2N(C)C1=O. The minimum absolute atomic E-state index is 0.0890. The molecular weight excluding hydrogens is 408 g/mol. The maximum absolute atomic E-state index is 13.4. The molecule has 1 heterocycles. The molecule has 0 aliphatic carbocycles. The predicted molar refractivity (Wildman–Crippen MR) is 127 cm³/mol. The molecule has 0 spiro atoms. The van der Waals surface area contributed by atoms with Gasteiger partial charge < -0.3 is 10.0 Å². The minimum Gasteiger partial charge on any atom is -0.508 e. The summed E-state index contributed by atoms with van der Waals surface area (Å²) in [7, 11) is 1.77. The van der Waals surface area contributed by atoms with Gasteiger partial charge in [0.15, 0.2) is 0 Å². The number of halogens is 1. The highest BCUT2D eigenvalue weighted by Crippen LogP contribution is 2.32. The molecule has 1 aliphatic rings. The number of hydrogen-bond acceptors (Lipinski definition) is 3. The van der Waals surface area contributed by atoms with Crippen LogP contribution >= 0.6 is 11.6 Å². The number of benzene rings is 3. The number of phenols is 1. The molecule has 3 aromatic rings. The van der Waals surface area contributed by atoms with Gasteiger partial charge in [0.2, 0.25) is 0 Å². The standard InChI is InChI=1S/C26H23ClN2O2/c1-16(2)21-7-5-4-6-18(21)14-23-26(31)29(3)24-13-10-19(27)15-22(24)25(28-23)17-8-11-20(30)12-9-17/h4-13,15,23,30H,1,14H2,2-3H3. The molecule has 0 saturated carbocycles. The molecule has 5 heteroatoms. The van der Waals surface area contributed by atoms with E-state index in [2.05, 4.69) is 6.58 Å². The molecule has 1 N–H and O–H groups in total. The van der Waals surface area contributed by atoms with Crippen LogP contribution < -0.4 is 4.90 Å². The molecule has 4 rings (SSSR count). The highest BCUT2D eigenvalue weighted by molar-refractivity contribution is 6.32. The summed E-state index contributed by atoms with van der Waals surface area (Å²) in [6.45, 7) is 6.04. The third kappa shape index (κ3) is 4.12. The van der Waals surface area contributed by atoms with Gasteiger partial charge in [0, 0.05) is 29.6 Å². The van der Waals surface area contributed by atoms with Crippen molar-refractivity contribution < 1.29 is 9.90 Å². The van der Waals surface area contributed by atoms with Crippen LogP contribution in [0.3, 0.4) is 0 Å². The maximum Gasteiger partial charge on any atom is 0.251 e. The number of amides is 1. The van der Waals surface area contributed by atoms with E-state index in [1.54, 1.807) is 42.3 Å². The molecule has 1 amide bonds. The van der Waals surface area contributed by atoms with Gasteiger partial charge >= 0.3 is 0 Å². The van der Waals surface area contributed by atoms with Gasteiger partial charge in [-0.15, -0.1) is 0 Å². The average Bonchev–Trinajstić information content (AvgIpc) is 2.85. The van der Waals surface area contributed by atoms with Gasteiger partial charge in [-0.2, -0.15) is 0 Å². The number of phenolic OH excluding ortho intramolecular Hbond substituents is 1. The summed E-state index contributed by atoms with van der Waals surface area (Å²) >= 11 is 6.31.